The van der Waals surface area contributed by atoms with Gasteiger partial charge in [-0.1, -0.05) is 48.5 Å². The van der Waals surface area contributed by atoms with Crippen LogP contribution in [0.3, 0.4) is 0 Å². The first-order valence-electron chi connectivity index (χ1n) is 8.39. The summed E-state index contributed by atoms with van der Waals surface area (Å²) in [6.45, 7) is 0.603. The maximum absolute atomic E-state index is 13.7. The molecule has 4 rings (SSSR count). The molecule has 128 valence electrons. The molecule has 0 saturated carbocycles. The topological polar surface area (TPSA) is 32.3 Å². The van der Waals surface area contributed by atoms with E-state index in [0.29, 0.717) is 23.4 Å². The second kappa shape index (κ2) is 6.84. The number of benzene rings is 3. The van der Waals surface area contributed by atoms with Gasteiger partial charge in [-0.05, 0) is 35.9 Å². The Kier molecular flexibility index (Phi) is 4.23. The third-order valence-corrected chi connectivity index (χ3v) is 4.33. The van der Waals surface area contributed by atoms with Crippen LogP contribution >= 0.6 is 0 Å². The van der Waals surface area contributed by atoms with Crippen LogP contribution in [-0.2, 0) is 11.3 Å². The van der Waals surface area contributed by atoms with E-state index in [4.69, 9.17) is 0 Å². The average molecular weight is 344 g/mol. The Morgan fingerprint density at radius 3 is 2.35 bits per heavy atom. The molecule has 0 spiro atoms. The fourth-order valence-corrected chi connectivity index (χ4v) is 3.06. The van der Waals surface area contributed by atoms with Gasteiger partial charge in [-0.15, -0.1) is 0 Å². The van der Waals surface area contributed by atoms with Crippen LogP contribution in [0, 0.1) is 5.82 Å². The van der Waals surface area contributed by atoms with E-state index in [-0.39, 0.29) is 11.7 Å². The number of carbonyl (C=O) groups is 1. The Labute approximate surface area is 151 Å². The normalized spacial score (nSPS) is 14.2. The molecule has 1 amide bonds. The largest absolute Gasteiger partial charge is 0.343 e. The van der Waals surface area contributed by atoms with E-state index >= 15 is 0 Å². The van der Waals surface area contributed by atoms with Crippen molar-refractivity contribution in [3.63, 3.8) is 0 Å². The summed E-state index contributed by atoms with van der Waals surface area (Å²) in [5, 5.41) is 2.79. The minimum absolute atomic E-state index is 0.223. The molecule has 1 aliphatic rings. The standard InChI is InChI=1S/C22H17FN2O/c23-17-11-12-21-19(13-17)20(22(26)24-21)15-25(18-9-5-2-6-10-18)14-16-7-3-1-4-8-16/h1-13,15H,14H2,(H,24,26)/b20-15+. The molecule has 0 atom stereocenters. The van der Waals surface area contributed by atoms with Crippen molar-refractivity contribution in [3.8, 4) is 0 Å². The number of carbonyl (C=O) groups excluding carboxylic acids is 1. The summed E-state index contributed by atoms with van der Waals surface area (Å²) in [5.74, 6) is -0.583. The molecule has 0 bridgehead atoms. The van der Waals surface area contributed by atoms with Gasteiger partial charge in [0.1, 0.15) is 5.82 Å². The van der Waals surface area contributed by atoms with Crippen molar-refractivity contribution in [2.45, 2.75) is 6.54 Å². The average Bonchev–Trinajstić information content (AvgIpc) is 2.97. The second-order valence-electron chi connectivity index (χ2n) is 6.14. The van der Waals surface area contributed by atoms with Crippen molar-refractivity contribution in [2.24, 2.45) is 0 Å². The molecule has 0 aliphatic carbocycles. The van der Waals surface area contributed by atoms with Crippen LogP contribution in [0.15, 0.2) is 85.1 Å². The highest BCUT2D eigenvalue weighted by molar-refractivity contribution is 6.31. The first-order valence-corrected chi connectivity index (χ1v) is 8.39. The van der Waals surface area contributed by atoms with Crippen LogP contribution in [0.1, 0.15) is 11.1 Å². The first-order chi connectivity index (χ1) is 12.7. The van der Waals surface area contributed by atoms with E-state index in [1.165, 1.54) is 12.1 Å². The van der Waals surface area contributed by atoms with Gasteiger partial charge < -0.3 is 10.2 Å². The van der Waals surface area contributed by atoms with Crippen molar-refractivity contribution in [1.29, 1.82) is 0 Å². The SMILES string of the molecule is O=C1Nc2ccc(F)cc2/C1=C\N(Cc1ccccc1)c1ccccc1. The molecule has 3 nitrogen and oxygen atoms in total. The molecular formula is C22H17FN2O. The quantitative estimate of drug-likeness (QED) is 0.688. The van der Waals surface area contributed by atoms with E-state index in [1.54, 1.807) is 12.3 Å². The fourth-order valence-electron chi connectivity index (χ4n) is 3.06. The molecule has 1 N–H and O–H groups in total. The molecule has 26 heavy (non-hydrogen) atoms. The van der Waals surface area contributed by atoms with Gasteiger partial charge in [0.05, 0.1) is 5.57 Å². The van der Waals surface area contributed by atoms with Crippen LogP contribution in [0.25, 0.3) is 5.57 Å². The maximum atomic E-state index is 13.7. The number of anilines is 2. The highest BCUT2D eigenvalue weighted by Gasteiger charge is 2.25. The zero-order valence-electron chi connectivity index (χ0n) is 14.0. The summed E-state index contributed by atoms with van der Waals surface area (Å²) in [5.41, 5.74) is 3.76. The van der Waals surface area contributed by atoms with Gasteiger partial charge in [-0.25, -0.2) is 4.39 Å². The Balaban J connectivity index is 1.77. The maximum Gasteiger partial charge on any atom is 0.257 e. The third-order valence-electron chi connectivity index (χ3n) is 4.33. The summed E-state index contributed by atoms with van der Waals surface area (Å²) < 4.78 is 13.7. The highest BCUT2D eigenvalue weighted by Crippen LogP contribution is 2.33. The summed E-state index contributed by atoms with van der Waals surface area (Å²) in [4.78, 5) is 14.4. The lowest BCUT2D eigenvalue weighted by molar-refractivity contribution is -0.110. The number of amides is 1. The van der Waals surface area contributed by atoms with Gasteiger partial charge in [0.25, 0.3) is 5.91 Å². The lowest BCUT2D eigenvalue weighted by atomic mass is 10.1. The summed E-state index contributed by atoms with van der Waals surface area (Å²) in [6, 6.07) is 24.2. The van der Waals surface area contributed by atoms with Gasteiger partial charge >= 0.3 is 0 Å². The van der Waals surface area contributed by atoms with Crippen molar-refractivity contribution in [2.75, 3.05) is 10.2 Å². The number of rotatable bonds is 4. The summed E-state index contributed by atoms with van der Waals surface area (Å²) >= 11 is 0. The monoisotopic (exact) mass is 344 g/mol. The third kappa shape index (κ3) is 3.22. The van der Waals surface area contributed by atoms with E-state index in [9.17, 15) is 9.18 Å². The van der Waals surface area contributed by atoms with Gasteiger partial charge in [-0.2, -0.15) is 0 Å². The number of para-hydroxylation sites is 1. The Morgan fingerprint density at radius 1 is 0.923 bits per heavy atom. The molecule has 3 aromatic rings. The predicted molar refractivity (Wildman–Crippen MR) is 102 cm³/mol. The number of halogens is 1. The number of fused-ring (bicyclic) bond motifs is 1. The molecule has 4 heteroatoms. The lowest BCUT2D eigenvalue weighted by Gasteiger charge is -2.21. The number of hydrogen-bond donors (Lipinski definition) is 1. The Morgan fingerprint density at radius 2 is 1.62 bits per heavy atom. The Bertz CT molecular complexity index is 968. The predicted octanol–water partition coefficient (Wildman–Crippen LogP) is 4.83. The molecule has 0 fully saturated rings. The van der Waals surface area contributed by atoms with E-state index in [2.05, 4.69) is 5.32 Å². The Hall–Kier alpha value is -3.40. The molecule has 0 radical (unpaired) electrons. The molecular weight excluding hydrogens is 327 g/mol. The first kappa shape index (κ1) is 16.1. The van der Waals surface area contributed by atoms with Crippen molar-refractivity contribution in [1.82, 2.24) is 0 Å². The second-order valence-corrected chi connectivity index (χ2v) is 6.14. The lowest BCUT2D eigenvalue weighted by Crippen LogP contribution is -2.17. The van der Waals surface area contributed by atoms with Crippen molar-refractivity contribution < 1.29 is 9.18 Å². The number of hydrogen-bond acceptors (Lipinski definition) is 2. The van der Waals surface area contributed by atoms with E-state index in [1.807, 2.05) is 65.6 Å². The van der Waals surface area contributed by atoms with Crippen LogP contribution in [0.4, 0.5) is 15.8 Å². The smallest absolute Gasteiger partial charge is 0.257 e. The summed E-state index contributed by atoms with van der Waals surface area (Å²) in [7, 11) is 0. The highest BCUT2D eigenvalue weighted by atomic mass is 19.1. The van der Waals surface area contributed by atoms with E-state index in [0.717, 1.165) is 11.3 Å². The van der Waals surface area contributed by atoms with Crippen LogP contribution in [0.2, 0.25) is 0 Å². The summed E-state index contributed by atoms with van der Waals surface area (Å²) in [6.07, 6.45) is 1.79. The van der Waals surface area contributed by atoms with E-state index < -0.39 is 0 Å². The van der Waals surface area contributed by atoms with Crippen molar-refractivity contribution in [3.05, 3.63) is 102 Å². The van der Waals surface area contributed by atoms with Crippen LogP contribution < -0.4 is 10.2 Å². The van der Waals surface area contributed by atoms with Gasteiger partial charge in [-0.3, -0.25) is 4.79 Å². The fraction of sp³-hybridized carbons (Fsp3) is 0.0455. The van der Waals surface area contributed by atoms with Gasteiger partial charge in [0.15, 0.2) is 0 Å². The minimum atomic E-state index is -0.361. The van der Waals surface area contributed by atoms with Gasteiger partial charge in [0.2, 0.25) is 0 Å². The molecule has 0 saturated heterocycles. The molecule has 1 heterocycles. The number of nitrogens with one attached hydrogen (secondary N) is 1. The molecule has 0 aromatic heterocycles. The molecule has 1 aliphatic heterocycles. The van der Waals surface area contributed by atoms with Crippen LogP contribution in [0.5, 0.6) is 0 Å². The van der Waals surface area contributed by atoms with Crippen LogP contribution in [-0.4, -0.2) is 5.91 Å². The zero-order chi connectivity index (χ0) is 17.9. The van der Waals surface area contributed by atoms with Gasteiger partial charge in [0, 0.05) is 29.7 Å². The zero-order valence-corrected chi connectivity index (χ0v) is 14.0. The van der Waals surface area contributed by atoms with Crippen molar-refractivity contribution >= 4 is 22.9 Å². The minimum Gasteiger partial charge on any atom is -0.343 e. The molecule has 3 aromatic carbocycles. The number of nitrogens with zero attached hydrogens (tertiary/aromatic N) is 1. The molecule has 0 unspecified atom stereocenters.